The van der Waals surface area contributed by atoms with E-state index in [2.05, 4.69) is 11.0 Å². The SMILES string of the molecule is N#CCCN(CCN1CCOCC1)C(=O)CCOc1ccccc1. The molecule has 130 valence electrons. The molecule has 0 aromatic heterocycles. The van der Waals surface area contributed by atoms with Gasteiger partial charge in [-0.15, -0.1) is 0 Å². The van der Waals surface area contributed by atoms with E-state index < -0.39 is 0 Å². The van der Waals surface area contributed by atoms with Crippen molar-refractivity contribution < 1.29 is 14.3 Å². The van der Waals surface area contributed by atoms with Gasteiger partial charge in [0.2, 0.25) is 5.91 Å². The third kappa shape index (κ3) is 6.57. The summed E-state index contributed by atoms with van der Waals surface area (Å²) in [6.45, 7) is 5.59. The van der Waals surface area contributed by atoms with E-state index in [9.17, 15) is 4.79 Å². The average molecular weight is 331 g/mol. The van der Waals surface area contributed by atoms with E-state index in [0.29, 0.717) is 32.5 Å². The van der Waals surface area contributed by atoms with Crippen LogP contribution in [-0.2, 0) is 9.53 Å². The smallest absolute Gasteiger partial charge is 0.226 e. The third-order valence-electron chi connectivity index (χ3n) is 3.96. The van der Waals surface area contributed by atoms with Gasteiger partial charge in [0.25, 0.3) is 0 Å². The first-order chi connectivity index (χ1) is 11.8. The summed E-state index contributed by atoms with van der Waals surface area (Å²) in [5.41, 5.74) is 0. The number of nitrogens with zero attached hydrogens (tertiary/aromatic N) is 3. The van der Waals surface area contributed by atoms with Gasteiger partial charge in [0, 0.05) is 32.7 Å². The highest BCUT2D eigenvalue weighted by Crippen LogP contribution is 2.09. The molecule has 2 rings (SSSR count). The Bertz CT molecular complexity index is 524. The van der Waals surface area contributed by atoms with Crippen molar-refractivity contribution in [1.82, 2.24) is 9.80 Å². The number of amides is 1. The first kappa shape index (κ1) is 18.2. The fourth-order valence-corrected chi connectivity index (χ4v) is 2.56. The highest BCUT2D eigenvalue weighted by Gasteiger charge is 2.16. The van der Waals surface area contributed by atoms with Crippen LogP contribution in [0.1, 0.15) is 12.8 Å². The van der Waals surface area contributed by atoms with E-state index in [1.54, 1.807) is 4.90 Å². The van der Waals surface area contributed by atoms with Crippen molar-refractivity contribution in [3.05, 3.63) is 30.3 Å². The Balaban J connectivity index is 1.75. The number of rotatable bonds is 9. The lowest BCUT2D eigenvalue weighted by Gasteiger charge is -2.30. The average Bonchev–Trinajstić information content (AvgIpc) is 2.63. The van der Waals surface area contributed by atoms with Gasteiger partial charge in [-0.2, -0.15) is 5.26 Å². The lowest BCUT2D eigenvalue weighted by atomic mass is 10.3. The molecule has 24 heavy (non-hydrogen) atoms. The molecule has 1 amide bonds. The fourth-order valence-electron chi connectivity index (χ4n) is 2.56. The zero-order valence-electron chi connectivity index (χ0n) is 14.0. The molecule has 0 saturated carbocycles. The quantitative estimate of drug-likeness (QED) is 0.686. The minimum absolute atomic E-state index is 0.0365. The van der Waals surface area contributed by atoms with Gasteiger partial charge in [0.15, 0.2) is 0 Å². The molecule has 0 bridgehead atoms. The Morgan fingerprint density at radius 1 is 1.25 bits per heavy atom. The normalized spacial score (nSPS) is 14.8. The number of benzene rings is 1. The van der Waals surface area contributed by atoms with Gasteiger partial charge in [-0.25, -0.2) is 0 Å². The van der Waals surface area contributed by atoms with Crippen molar-refractivity contribution in [3.63, 3.8) is 0 Å². The van der Waals surface area contributed by atoms with Crippen LogP contribution in [0.15, 0.2) is 30.3 Å². The minimum Gasteiger partial charge on any atom is -0.493 e. The first-order valence-electron chi connectivity index (χ1n) is 8.42. The number of ether oxygens (including phenoxy) is 2. The van der Waals surface area contributed by atoms with Crippen LogP contribution in [0.4, 0.5) is 0 Å². The molecular formula is C18H25N3O3. The van der Waals surface area contributed by atoms with Gasteiger partial charge < -0.3 is 14.4 Å². The molecule has 0 aliphatic carbocycles. The second kappa shape index (κ2) is 10.6. The molecule has 0 radical (unpaired) electrons. The van der Waals surface area contributed by atoms with E-state index in [1.807, 2.05) is 30.3 Å². The topological polar surface area (TPSA) is 65.8 Å². The zero-order chi connectivity index (χ0) is 17.0. The molecular weight excluding hydrogens is 306 g/mol. The van der Waals surface area contributed by atoms with Crippen molar-refractivity contribution >= 4 is 5.91 Å². The zero-order valence-corrected chi connectivity index (χ0v) is 14.0. The Morgan fingerprint density at radius 3 is 2.71 bits per heavy atom. The van der Waals surface area contributed by atoms with Crippen LogP contribution < -0.4 is 4.74 Å². The molecule has 6 heteroatoms. The van der Waals surface area contributed by atoms with Crippen molar-refractivity contribution in [2.75, 3.05) is 52.5 Å². The van der Waals surface area contributed by atoms with Crippen LogP contribution in [0.3, 0.4) is 0 Å². The highest BCUT2D eigenvalue weighted by molar-refractivity contribution is 5.76. The van der Waals surface area contributed by atoms with Crippen LogP contribution in [0.5, 0.6) is 5.75 Å². The van der Waals surface area contributed by atoms with Gasteiger partial charge >= 0.3 is 0 Å². The molecule has 6 nitrogen and oxygen atoms in total. The Labute approximate surface area is 143 Å². The summed E-state index contributed by atoms with van der Waals surface area (Å²) >= 11 is 0. The maximum absolute atomic E-state index is 12.4. The van der Waals surface area contributed by atoms with Crippen LogP contribution in [0.2, 0.25) is 0 Å². The lowest BCUT2D eigenvalue weighted by molar-refractivity contribution is -0.132. The Morgan fingerprint density at radius 2 is 2.00 bits per heavy atom. The Hall–Kier alpha value is -2.10. The summed E-state index contributed by atoms with van der Waals surface area (Å²) in [4.78, 5) is 16.5. The lowest BCUT2D eigenvalue weighted by Crippen LogP contribution is -2.43. The van der Waals surface area contributed by atoms with Gasteiger partial charge in [-0.05, 0) is 12.1 Å². The maximum Gasteiger partial charge on any atom is 0.226 e. The molecule has 0 unspecified atom stereocenters. The van der Waals surface area contributed by atoms with E-state index in [1.165, 1.54) is 0 Å². The van der Waals surface area contributed by atoms with Gasteiger partial charge in [-0.3, -0.25) is 9.69 Å². The van der Waals surface area contributed by atoms with E-state index in [4.69, 9.17) is 14.7 Å². The van der Waals surface area contributed by atoms with Gasteiger partial charge in [-0.1, -0.05) is 18.2 Å². The standard InChI is InChI=1S/C18H25N3O3/c19-8-4-9-21(11-10-20-12-15-23-16-13-20)18(22)7-14-24-17-5-2-1-3-6-17/h1-3,5-6H,4,7,9-16H2. The monoisotopic (exact) mass is 331 g/mol. The van der Waals surface area contributed by atoms with E-state index >= 15 is 0 Å². The van der Waals surface area contributed by atoms with Gasteiger partial charge in [0.05, 0.1) is 38.7 Å². The van der Waals surface area contributed by atoms with Gasteiger partial charge in [0.1, 0.15) is 5.75 Å². The second-order valence-corrected chi connectivity index (χ2v) is 5.65. The number of para-hydroxylation sites is 1. The molecule has 0 spiro atoms. The number of hydrogen-bond acceptors (Lipinski definition) is 5. The molecule has 0 atom stereocenters. The third-order valence-corrected chi connectivity index (χ3v) is 3.96. The number of hydrogen-bond donors (Lipinski definition) is 0. The molecule has 1 aromatic carbocycles. The van der Waals surface area contributed by atoms with Crippen molar-refractivity contribution in [3.8, 4) is 11.8 Å². The molecule has 1 saturated heterocycles. The molecule has 1 fully saturated rings. The summed E-state index contributed by atoms with van der Waals surface area (Å²) < 4.78 is 10.9. The van der Waals surface area contributed by atoms with Crippen LogP contribution in [-0.4, -0.2) is 68.3 Å². The molecule has 1 aliphatic rings. The number of carbonyl (C=O) groups is 1. The summed E-state index contributed by atoms with van der Waals surface area (Å²) in [6, 6.07) is 11.6. The summed E-state index contributed by atoms with van der Waals surface area (Å²) in [6.07, 6.45) is 0.678. The van der Waals surface area contributed by atoms with Crippen LogP contribution >= 0.6 is 0 Å². The predicted molar refractivity (Wildman–Crippen MR) is 90.6 cm³/mol. The molecule has 1 aliphatic heterocycles. The summed E-state index contributed by atoms with van der Waals surface area (Å²) in [5.74, 6) is 0.802. The minimum atomic E-state index is 0.0365. The Kier molecular flexibility index (Phi) is 8.08. The second-order valence-electron chi connectivity index (χ2n) is 5.65. The van der Waals surface area contributed by atoms with Crippen LogP contribution in [0.25, 0.3) is 0 Å². The maximum atomic E-state index is 12.4. The number of carbonyl (C=O) groups excluding carboxylic acids is 1. The number of nitriles is 1. The number of morpholine rings is 1. The molecule has 1 heterocycles. The van der Waals surface area contributed by atoms with E-state index in [0.717, 1.165) is 38.6 Å². The first-order valence-corrected chi connectivity index (χ1v) is 8.42. The summed E-state index contributed by atoms with van der Waals surface area (Å²) in [5, 5.41) is 8.80. The fraction of sp³-hybridized carbons (Fsp3) is 0.556. The predicted octanol–water partition coefficient (Wildman–Crippen LogP) is 1.53. The van der Waals surface area contributed by atoms with Crippen molar-refractivity contribution in [1.29, 1.82) is 5.26 Å². The van der Waals surface area contributed by atoms with Crippen LogP contribution in [0, 0.1) is 11.3 Å². The molecule has 1 aromatic rings. The molecule has 0 N–H and O–H groups in total. The largest absolute Gasteiger partial charge is 0.493 e. The van der Waals surface area contributed by atoms with Crippen molar-refractivity contribution in [2.45, 2.75) is 12.8 Å². The summed E-state index contributed by atoms with van der Waals surface area (Å²) in [7, 11) is 0. The van der Waals surface area contributed by atoms with Crippen molar-refractivity contribution in [2.24, 2.45) is 0 Å². The highest BCUT2D eigenvalue weighted by atomic mass is 16.5. The van der Waals surface area contributed by atoms with E-state index in [-0.39, 0.29) is 5.91 Å².